The van der Waals surface area contributed by atoms with Crippen molar-refractivity contribution in [3.63, 3.8) is 0 Å². The lowest BCUT2D eigenvalue weighted by Crippen LogP contribution is -2.21. The van der Waals surface area contributed by atoms with Crippen molar-refractivity contribution in [3.05, 3.63) is 53.1 Å². The third-order valence-electron chi connectivity index (χ3n) is 3.49. The number of hydrogen-bond donors (Lipinski definition) is 2. The van der Waals surface area contributed by atoms with Crippen molar-refractivity contribution in [2.24, 2.45) is 5.14 Å². The van der Waals surface area contributed by atoms with Crippen LogP contribution in [0.5, 0.6) is 0 Å². The number of hydrogen-bond acceptors (Lipinski definition) is 6. The summed E-state index contributed by atoms with van der Waals surface area (Å²) < 4.78 is 27.6. The number of nitrogens with one attached hydrogen (secondary N) is 1. The van der Waals surface area contributed by atoms with E-state index in [-0.39, 0.29) is 15.5 Å². The lowest BCUT2D eigenvalue weighted by Gasteiger charge is -2.13. The van der Waals surface area contributed by atoms with Gasteiger partial charge in [0, 0.05) is 25.5 Å². The van der Waals surface area contributed by atoms with Crippen LogP contribution in [-0.2, 0) is 19.6 Å². The topological polar surface area (TPSA) is 119 Å². The number of carbonyl (C=O) groups is 2. The summed E-state index contributed by atoms with van der Waals surface area (Å²) >= 11 is 5.89. The van der Waals surface area contributed by atoms with Crippen LogP contribution in [0.2, 0.25) is 5.02 Å². The molecule has 0 bridgehead atoms. The minimum absolute atomic E-state index is 0.0212. The lowest BCUT2D eigenvalue weighted by atomic mass is 10.2. The molecule has 0 unspecified atom stereocenters. The number of halogens is 1. The molecule has 0 radical (unpaired) electrons. The minimum Gasteiger partial charge on any atom is -0.452 e. The molecule has 0 atom stereocenters. The first-order chi connectivity index (χ1) is 12.6. The van der Waals surface area contributed by atoms with E-state index in [4.69, 9.17) is 21.5 Å². The fourth-order valence-electron chi connectivity index (χ4n) is 2.09. The van der Waals surface area contributed by atoms with E-state index in [1.54, 1.807) is 12.1 Å². The molecular formula is C17H18ClN3O5S. The molecule has 144 valence electrons. The zero-order valence-corrected chi connectivity index (χ0v) is 16.2. The van der Waals surface area contributed by atoms with Crippen molar-refractivity contribution in [2.45, 2.75) is 4.90 Å². The highest BCUT2D eigenvalue weighted by atomic mass is 35.5. The molecule has 2 aromatic carbocycles. The van der Waals surface area contributed by atoms with Crippen molar-refractivity contribution in [3.8, 4) is 0 Å². The van der Waals surface area contributed by atoms with Gasteiger partial charge in [-0.1, -0.05) is 11.6 Å². The second-order valence-electron chi connectivity index (χ2n) is 5.75. The first kappa shape index (κ1) is 20.7. The van der Waals surface area contributed by atoms with Crippen molar-refractivity contribution < 1.29 is 22.7 Å². The molecule has 0 spiro atoms. The molecule has 0 heterocycles. The molecule has 0 saturated heterocycles. The van der Waals surface area contributed by atoms with Crippen LogP contribution in [0.1, 0.15) is 10.4 Å². The third-order valence-corrected chi connectivity index (χ3v) is 4.73. The van der Waals surface area contributed by atoms with Crippen LogP contribution in [0.15, 0.2) is 47.4 Å². The quantitative estimate of drug-likeness (QED) is 0.700. The van der Waals surface area contributed by atoms with Crippen molar-refractivity contribution in [1.82, 2.24) is 0 Å². The predicted octanol–water partition coefficient (Wildman–Crippen LogP) is 1.85. The third kappa shape index (κ3) is 5.68. The summed E-state index contributed by atoms with van der Waals surface area (Å²) in [5.74, 6) is -1.50. The fourth-order valence-corrected chi connectivity index (χ4v) is 2.82. The summed E-state index contributed by atoms with van der Waals surface area (Å²) in [6.07, 6.45) is 0. The molecule has 2 rings (SSSR count). The van der Waals surface area contributed by atoms with Gasteiger partial charge in [0.2, 0.25) is 10.0 Å². The van der Waals surface area contributed by atoms with Crippen LogP contribution in [0, 0.1) is 0 Å². The molecule has 0 aliphatic rings. The minimum atomic E-state index is -4.01. The van der Waals surface area contributed by atoms with Crippen LogP contribution in [0.25, 0.3) is 0 Å². The number of ether oxygens (including phenoxy) is 1. The van der Waals surface area contributed by atoms with Gasteiger partial charge in [0.05, 0.1) is 15.5 Å². The number of amides is 1. The summed E-state index contributed by atoms with van der Waals surface area (Å²) in [6.45, 7) is -0.565. The molecule has 0 saturated carbocycles. The van der Waals surface area contributed by atoms with E-state index < -0.39 is 28.5 Å². The van der Waals surface area contributed by atoms with E-state index in [9.17, 15) is 18.0 Å². The van der Waals surface area contributed by atoms with Gasteiger partial charge in [-0.3, -0.25) is 4.79 Å². The van der Waals surface area contributed by atoms with E-state index >= 15 is 0 Å². The highest BCUT2D eigenvalue weighted by molar-refractivity contribution is 7.89. The Morgan fingerprint density at radius 1 is 1.15 bits per heavy atom. The number of sulfonamides is 1. The molecule has 1 amide bonds. The second-order valence-corrected chi connectivity index (χ2v) is 7.72. The summed E-state index contributed by atoms with van der Waals surface area (Å²) in [5.41, 5.74) is 1.30. The molecule has 27 heavy (non-hydrogen) atoms. The van der Waals surface area contributed by atoms with E-state index in [2.05, 4.69) is 5.32 Å². The standard InChI is InChI=1S/C17H18ClN3O5S/c1-21(2)12-5-3-11(4-6-12)20-16(22)10-26-17(23)14-9-13(27(19,24)25)7-8-15(14)18/h3-9H,10H2,1-2H3,(H,20,22)(H2,19,24,25). The Morgan fingerprint density at radius 3 is 2.33 bits per heavy atom. The van der Waals surface area contributed by atoms with Gasteiger partial charge < -0.3 is 15.0 Å². The molecule has 0 aromatic heterocycles. The van der Waals surface area contributed by atoms with Crippen molar-refractivity contribution in [2.75, 3.05) is 30.9 Å². The first-order valence-electron chi connectivity index (χ1n) is 7.64. The molecular weight excluding hydrogens is 394 g/mol. The van der Waals surface area contributed by atoms with Gasteiger partial charge in [-0.2, -0.15) is 0 Å². The monoisotopic (exact) mass is 411 g/mol. The van der Waals surface area contributed by atoms with Gasteiger partial charge in [-0.05, 0) is 42.5 Å². The van der Waals surface area contributed by atoms with Gasteiger partial charge >= 0.3 is 5.97 Å². The number of rotatable bonds is 6. The normalized spacial score (nSPS) is 11.0. The van der Waals surface area contributed by atoms with Gasteiger partial charge in [-0.25, -0.2) is 18.4 Å². The highest BCUT2D eigenvalue weighted by Crippen LogP contribution is 2.21. The highest BCUT2D eigenvalue weighted by Gasteiger charge is 2.18. The maximum atomic E-state index is 12.1. The zero-order valence-electron chi connectivity index (χ0n) is 14.6. The Labute approximate surface area is 161 Å². The van der Waals surface area contributed by atoms with E-state index in [1.165, 1.54) is 12.1 Å². The van der Waals surface area contributed by atoms with Gasteiger partial charge in [0.15, 0.2) is 6.61 Å². The average Bonchev–Trinajstić information content (AvgIpc) is 2.59. The number of carbonyl (C=O) groups excluding carboxylic acids is 2. The van der Waals surface area contributed by atoms with Gasteiger partial charge in [-0.15, -0.1) is 0 Å². The van der Waals surface area contributed by atoms with Crippen LogP contribution >= 0.6 is 11.6 Å². The Hall–Kier alpha value is -2.62. The molecule has 0 aliphatic heterocycles. The molecule has 0 fully saturated rings. The van der Waals surface area contributed by atoms with Gasteiger partial charge in [0.1, 0.15) is 0 Å². The summed E-state index contributed by atoms with van der Waals surface area (Å²) in [7, 11) is -0.223. The average molecular weight is 412 g/mol. The lowest BCUT2D eigenvalue weighted by molar-refractivity contribution is -0.119. The second kappa shape index (κ2) is 8.38. The maximum absolute atomic E-state index is 12.1. The smallest absolute Gasteiger partial charge is 0.340 e. The van der Waals surface area contributed by atoms with Crippen molar-refractivity contribution in [1.29, 1.82) is 0 Å². The Morgan fingerprint density at radius 2 is 1.78 bits per heavy atom. The van der Waals surface area contributed by atoms with E-state index in [0.29, 0.717) is 5.69 Å². The molecule has 10 heteroatoms. The number of primary sulfonamides is 1. The number of nitrogens with two attached hydrogens (primary N) is 1. The van der Waals surface area contributed by atoms with Crippen LogP contribution in [-0.4, -0.2) is 41.0 Å². The summed E-state index contributed by atoms with van der Waals surface area (Å²) in [5, 5.41) is 7.58. The summed E-state index contributed by atoms with van der Waals surface area (Å²) in [4.78, 5) is 25.6. The molecule has 8 nitrogen and oxygen atoms in total. The Kier molecular flexibility index (Phi) is 6.42. The predicted molar refractivity (Wildman–Crippen MR) is 103 cm³/mol. The Balaban J connectivity index is 2.00. The zero-order chi connectivity index (χ0) is 20.2. The maximum Gasteiger partial charge on any atom is 0.340 e. The van der Waals surface area contributed by atoms with Gasteiger partial charge in [0.25, 0.3) is 5.91 Å². The largest absolute Gasteiger partial charge is 0.452 e. The number of anilines is 2. The fraction of sp³-hybridized carbons (Fsp3) is 0.176. The molecule has 0 aliphatic carbocycles. The van der Waals surface area contributed by atoms with Crippen LogP contribution in [0.4, 0.5) is 11.4 Å². The van der Waals surface area contributed by atoms with Crippen LogP contribution in [0.3, 0.4) is 0 Å². The molecule has 3 N–H and O–H groups in total. The van der Waals surface area contributed by atoms with Crippen molar-refractivity contribution >= 4 is 44.9 Å². The molecule has 2 aromatic rings. The number of benzene rings is 2. The SMILES string of the molecule is CN(C)c1ccc(NC(=O)COC(=O)c2cc(S(N)(=O)=O)ccc2Cl)cc1. The summed E-state index contributed by atoms with van der Waals surface area (Å²) in [6, 6.07) is 10.4. The number of esters is 1. The Bertz CT molecular complexity index is 959. The van der Waals surface area contributed by atoms with Crippen LogP contribution < -0.4 is 15.4 Å². The van der Waals surface area contributed by atoms with E-state index in [0.717, 1.165) is 11.8 Å². The first-order valence-corrected chi connectivity index (χ1v) is 9.57. The van der Waals surface area contributed by atoms with E-state index in [1.807, 2.05) is 31.1 Å². The number of nitrogens with zero attached hydrogens (tertiary/aromatic N) is 1.